The Bertz CT molecular complexity index is 285. The van der Waals surface area contributed by atoms with Gasteiger partial charge in [0.25, 0.3) is 0 Å². The predicted octanol–water partition coefficient (Wildman–Crippen LogP) is 1.93. The molecule has 1 aliphatic rings. The molecule has 0 spiro atoms. The Morgan fingerprint density at radius 1 is 1.44 bits per heavy atom. The monoisotopic (exact) mass is 224 g/mol. The van der Waals surface area contributed by atoms with E-state index in [1.165, 1.54) is 0 Å². The first-order chi connectivity index (χ1) is 7.21. The van der Waals surface area contributed by atoms with Crippen molar-refractivity contribution in [3.63, 3.8) is 0 Å². The van der Waals surface area contributed by atoms with E-state index in [0.29, 0.717) is 12.5 Å². The maximum atomic E-state index is 12.4. The molecule has 2 N–H and O–H groups in total. The van der Waals surface area contributed by atoms with Gasteiger partial charge >= 0.3 is 0 Å². The van der Waals surface area contributed by atoms with E-state index in [2.05, 4.69) is 6.58 Å². The summed E-state index contributed by atoms with van der Waals surface area (Å²) in [5.41, 5.74) is 5.25. The molecule has 3 nitrogen and oxygen atoms in total. The van der Waals surface area contributed by atoms with E-state index in [-0.39, 0.29) is 11.4 Å². The molecule has 0 radical (unpaired) electrons. The molecule has 0 heterocycles. The summed E-state index contributed by atoms with van der Waals surface area (Å²) in [4.78, 5) is 14.3. The lowest BCUT2D eigenvalue weighted by molar-refractivity contribution is -0.141. The Labute approximate surface area is 98.7 Å². The van der Waals surface area contributed by atoms with Crippen LogP contribution in [0.3, 0.4) is 0 Å². The van der Waals surface area contributed by atoms with Crippen LogP contribution in [0.1, 0.15) is 40.5 Å². The Hall–Kier alpha value is -0.830. The van der Waals surface area contributed by atoms with E-state index in [1.807, 2.05) is 32.6 Å². The van der Waals surface area contributed by atoms with Crippen molar-refractivity contribution in [2.45, 2.75) is 51.6 Å². The second-order valence-electron chi connectivity index (χ2n) is 5.93. The zero-order valence-electron chi connectivity index (χ0n) is 10.9. The minimum Gasteiger partial charge on any atom is -0.333 e. The van der Waals surface area contributed by atoms with Gasteiger partial charge in [0, 0.05) is 12.1 Å². The molecule has 1 atom stereocenters. The highest BCUT2D eigenvalue weighted by Crippen LogP contribution is 2.39. The highest BCUT2D eigenvalue weighted by atomic mass is 16.2. The standard InChI is InChI=1S/C13H24N2O/c1-6-9-15(12(2,3)4)11(16)13(5,14)10-7-8-10/h6,10H,1,7-9,14H2,2-5H3. The van der Waals surface area contributed by atoms with Gasteiger partial charge in [0.15, 0.2) is 0 Å². The normalized spacial score (nSPS) is 20.1. The predicted molar refractivity (Wildman–Crippen MR) is 67.0 cm³/mol. The van der Waals surface area contributed by atoms with Crippen LogP contribution in [0.5, 0.6) is 0 Å². The highest BCUT2D eigenvalue weighted by molar-refractivity contribution is 5.87. The Kier molecular flexibility index (Phi) is 3.48. The van der Waals surface area contributed by atoms with Gasteiger partial charge in [0.1, 0.15) is 0 Å². The number of hydrogen-bond acceptors (Lipinski definition) is 2. The molecule has 1 rings (SSSR count). The van der Waals surface area contributed by atoms with Crippen molar-refractivity contribution in [2.75, 3.05) is 6.54 Å². The third kappa shape index (κ3) is 2.64. The highest BCUT2D eigenvalue weighted by Gasteiger charge is 2.47. The topological polar surface area (TPSA) is 46.3 Å². The second-order valence-corrected chi connectivity index (χ2v) is 5.93. The maximum Gasteiger partial charge on any atom is 0.243 e. The minimum atomic E-state index is -0.712. The van der Waals surface area contributed by atoms with Gasteiger partial charge in [-0.05, 0) is 46.5 Å². The van der Waals surface area contributed by atoms with Crippen molar-refractivity contribution in [3.8, 4) is 0 Å². The molecule has 1 saturated carbocycles. The summed E-state index contributed by atoms with van der Waals surface area (Å²) >= 11 is 0. The maximum absolute atomic E-state index is 12.4. The third-order valence-corrected chi connectivity index (χ3v) is 3.25. The fourth-order valence-electron chi connectivity index (χ4n) is 1.94. The summed E-state index contributed by atoms with van der Waals surface area (Å²) in [5, 5.41) is 0. The molecule has 1 fully saturated rings. The molecule has 1 unspecified atom stereocenters. The van der Waals surface area contributed by atoms with Gasteiger partial charge in [0.05, 0.1) is 5.54 Å². The Morgan fingerprint density at radius 3 is 2.25 bits per heavy atom. The molecule has 0 saturated heterocycles. The second kappa shape index (κ2) is 4.21. The van der Waals surface area contributed by atoms with Gasteiger partial charge in [-0.2, -0.15) is 0 Å². The molecule has 0 aromatic carbocycles. The summed E-state index contributed by atoms with van der Waals surface area (Å²) in [6, 6.07) is 0. The van der Waals surface area contributed by atoms with Crippen molar-refractivity contribution in [1.29, 1.82) is 0 Å². The average molecular weight is 224 g/mol. The molecular formula is C13H24N2O. The molecule has 0 aromatic rings. The van der Waals surface area contributed by atoms with E-state index < -0.39 is 5.54 Å². The van der Waals surface area contributed by atoms with Crippen LogP contribution in [-0.4, -0.2) is 28.4 Å². The molecule has 0 bridgehead atoms. The van der Waals surface area contributed by atoms with E-state index in [4.69, 9.17) is 5.73 Å². The van der Waals surface area contributed by atoms with Gasteiger partial charge in [-0.15, -0.1) is 6.58 Å². The van der Waals surface area contributed by atoms with Crippen LogP contribution < -0.4 is 5.73 Å². The number of nitrogens with zero attached hydrogens (tertiary/aromatic N) is 1. The first-order valence-corrected chi connectivity index (χ1v) is 5.93. The van der Waals surface area contributed by atoms with Gasteiger partial charge in [-0.1, -0.05) is 6.08 Å². The van der Waals surface area contributed by atoms with Gasteiger partial charge < -0.3 is 10.6 Å². The number of hydrogen-bond donors (Lipinski definition) is 1. The summed E-state index contributed by atoms with van der Waals surface area (Å²) in [6.45, 7) is 12.2. The SMILES string of the molecule is C=CCN(C(=O)C(C)(N)C1CC1)C(C)(C)C. The fraction of sp³-hybridized carbons (Fsp3) is 0.769. The number of amides is 1. The average Bonchev–Trinajstić information content (AvgIpc) is 2.93. The molecule has 16 heavy (non-hydrogen) atoms. The van der Waals surface area contributed by atoms with Crippen molar-refractivity contribution in [3.05, 3.63) is 12.7 Å². The minimum absolute atomic E-state index is 0.0439. The Balaban J connectivity index is 2.86. The smallest absolute Gasteiger partial charge is 0.243 e. The van der Waals surface area contributed by atoms with Crippen LogP contribution in [0.25, 0.3) is 0 Å². The largest absolute Gasteiger partial charge is 0.333 e. The van der Waals surface area contributed by atoms with Crippen LogP contribution >= 0.6 is 0 Å². The quantitative estimate of drug-likeness (QED) is 0.742. The molecule has 1 aliphatic carbocycles. The molecule has 0 aromatic heterocycles. The van der Waals surface area contributed by atoms with E-state index in [9.17, 15) is 4.79 Å². The van der Waals surface area contributed by atoms with Crippen molar-refractivity contribution in [1.82, 2.24) is 4.90 Å². The number of nitrogens with two attached hydrogens (primary N) is 1. The van der Waals surface area contributed by atoms with Gasteiger partial charge in [-0.25, -0.2) is 0 Å². The lowest BCUT2D eigenvalue weighted by Crippen LogP contribution is -2.59. The molecule has 1 amide bonds. The number of carbonyl (C=O) groups is 1. The molecule has 3 heteroatoms. The lowest BCUT2D eigenvalue weighted by atomic mass is 9.92. The van der Waals surface area contributed by atoms with Crippen LogP contribution in [0.2, 0.25) is 0 Å². The summed E-state index contributed by atoms with van der Waals surface area (Å²) < 4.78 is 0. The zero-order valence-corrected chi connectivity index (χ0v) is 10.9. The zero-order chi connectivity index (χ0) is 12.6. The van der Waals surface area contributed by atoms with Crippen LogP contribution in [0.4, 0.5) is 0 Å². The van der Waals surface area contributed by atoms with Crippen LogP contribution in [-0.2, 0) is 4.79 Å². The fourth-order valence-corrected chi connectivity index (χ4v) is 1.94. The summed E-state index contributed by atoms with van der Waals surface area (Å²) in [7, 11) is 0. The van der Waals surface area contributed by atoms with E-state index >= 15 is 0 Å². The van der Waals surface area contributed by atoms with Crippen LogP contribution in [0, 0.1) is 5.92 Å². The number of rotatable bonds is 4. The number of carbonyl (C=O) groups excluding carboxylic acids is 1. The summed E-state index contributed by atoms with van der Waals surface area (Å²) in [5.74, 6) is 0.400. The van der Waals surface area contributed by atoms with Crippen molar-refractivity contribution < 1.29 is 4.79 Å². The van der Waals surface area contributed by atoms with Gasteiger partial charge in [-0.3, -0.25) is 4.79 Å². The van der Waals surface area contributed by atoms with Crippen molar-refractivity contribution >= 4 is 5.91 Å². The lowest BCUT2D eigenvalue weighted by Gasteiger charge is -2.40. The molecule has 0 aliphatic heterocycles. The van der Waals surface area contributed by atoms with E-state index in [1.54, 1.807) is 6.08 Å². The first-order valence-electron chi connectivity index (χ1n) is 5.93. The van der Waals surface area contributed by atoms with E-state index in [0.717, 1.165) is 12.8 Å². The Morgan fingerprint density at radius 2 is 1.94 bits per heavy atom. The summed E-state index contributed by atoms with van der Waals surface area (Å²) in [6.07, 6.45) is 3.90. The van der Waals surface area contributed by atoms with Crippen molar-refractivity contribution in [2.24, 2.45) is 11.7 Å². The van der Waals surface area contributed by atoms with Crippen LogP contribution in [0.15, 0.2) is 12.7 Å². The third-order valence-electron chi connectivity index (χ3n) is 3.25. The first kappa shape index (κ1) is 13.2. The molecular weight excluding hydrogens is 200 g/mol. The molecule has 92 valence electrons. The van der Waals surface area contributed by atoms with Gasteiger partial charge in [0.2, 0.25) is 5.91 Å².